The molecule has 114 valence electrons. The van der Waals surface area contributed by atoms with Gasteiger partial charge >= 0.3 is 0 Å². The van der Waals surface area contributed by atoms with Crippen molar-refractivity contribution in [2.45, 2.75) is 52.4 Å². The maximum Gasteiger partial charge on any atom is 0.123 e. The highest BCUT2D eigenvalue weighted by Gasteiger charge is 2.14. The van der Waals surface area contributed by atoms with E-state index in [0.29, 0.717) is 19.1 Å². The number of nitrogens with one attached hydrogen (secondary N) is 1. The second kappa shape index (κ2) is 8.45. The van der Waals surface area contributed by atoms with Gasteiger partial charge in [-0.25, -0.2) is 0 Å². The van der Waals surface area contributed by atoms with E-state index in [1.165, 1.54) is 12.8 Å². The van der Waals surface area contributed by atoms with Crippen LogP contribution in [0.5, 0.6) is 0 Å². The van der Waals surface area contributed by atoms with Crippen LogP contribution in [0.1, 0.15) is 44.4 Å². The summed E-state index contributed by atoms with van der Waals surface area (Å²) in [6.07, 6.45) is 5.57. The normalized spacial score (nSPS) is 19.6. The molecule has 1 fully saturated rings. The van der Waals surface area contributed by atoms with Gasteiger partial charge < -0.3 is 19.2 Å². The summed E-state index contributed by atoms with van der Waals surface area (Å²) in [6, 6.07) is 1.99. The molecule has 1 unspecified atom stereocenters. The number of rotatable bonds is 8. The molecule has 1 aliphatic heterocycles. The topological polar surface area (TPSA) is 43.6 Å². The molecule has 20 heavy (non-hydrogen) atoms. The highest BCUT2D eigenvalue weighted by Crippen LogP contribution is 2.15. The summed E-state index contributed by atoms with van der Waals surface area (Å²) >= 11 is 0. The summed E-state index contributed by atoms with van der Waals surface area (Å²) in [5.74, 6) is 1.63. The van der Waals surface area contributed by atoms with Crippen molar-refractivity contribution < 1.29 is 13.9 Å². The molecule has 0 spiro atoms. The number of furan rings is 1. The fourth-order valence-corrected chi connectivity index (χ4v) is 2.36. The summed E-state index contributed by atoms with van der Waals surface area (Å²) in [6.45, 7) is 8.33. The standard InChI is InChI=1S/C16H27NO3/c1-13(2)9-17-10-16-14(6-8-20-16)11-18-12-15-5-3-4-7-19-15/h6,8,13,15,17H,3-5,7,9-12H2,1-2H3. The SMILES string of the molecule is CC(C)CNCc1occc1COCC1CCCCO1. The van der Waals surface area contributed by atoms with E-state index in [2.05, 4.69) is 19.2 Å². The van der Waals surface area contributed by atoms with Gasteiger partial charge in [0.1, 0.15) is 5.76 Å². The molecule has 0 saturated carbocycles. The maximum absolute atomic E-state index is 5.77. The van der Waals surface area contributed by atoms with E-state index >= 15 is 0 Å². The summed E-state index contributed by atoms with van der Waals surface area (Å²) in [7, 11) is 0. The minimum Gasteiger partial charge on any atom is -0.468 e. The molecule has 1 N–H and O–H groups in total. The lowest BCUT2D eigenvalue weighted by atomic mass is 10.1. The van der Waals surface area contributed by atoms with Crippen molar-refractivity contribution in [3.8, 4) is 0 Å². The maximum atomic E-state index is 5.77. The smallest absolute Gasteiger partial charge is 0.123 e. The van der Waals surface area contributed by atoms with E-state index in [9.17, 15) is 0 Å². The fourth-order valence-electron chi connectivity index (χ4n) is 2.36. The van der Waals surface area contributed by atoms with Crippen LogP contribution < -0.4 is 5.32 Å². The number of hydrogen-bond acceptors (Lipinski definition) is 4. The Bertz CT molecular complexity index is 370. The second-order valence-corrected chi connectivity index (χ2v) is 5.90. The van der Waals surface area contributed by atoms with Crippen LogP contribution in [0.15, 0.2) is 16.7 Å². The molecule has 0 radical (unpaired) electrons. The van der Waals surface area contributed by atoms with E-state index in [0.717, 1.165) is 37.4 Å². The zero-order valence-corrected chi connectivity index (χ0v) is 12.7. The summed E-state index contributed by atoms with van der Waals surface area (Å²) in [4.78, 5) is 0. The molecule has 4 heteroatoms. The third-order valence-corrected chi connectivity index (χ3v) is 3.51. The summed E-state index contributed by atoms with van der Waals surface area (Å²) in [5, 5.41) is 3.39. The Morgan fingerprint density at radius 1 is 1.40 bits per heavy atom. The molecule has 1 aromatic rings. The molecule has 1 aromatic heterocycles. The molecule has 0 aliphatic carbocycles. The molecule has 0 amide bonds. The van der Waals surface area contributed by atoms with Crippen molar-refractivity contribution in [3.63, 3.8) is 0 Å². The van der Waals surface area contributed by atoms with Gasteiger partial charge in [-0.15, -0.1) is 0 Å². The predicted octanol–water partition coefficient (Wildman–Crippen LogP) is 3.11. The first-order valence-corrected chi connectivity index (χ1v) is 7.71. The van der Waals surface area contributed by atoms with Crippen LogP contribution in [0.25, 0.3) is 0 Å². The van der Waals surface area contributed by atoms with Crippen LogP contribution >= 0.6 is 0 Å². The Hall–Kier alpha value is -0.840. The van der Waals surface area contributed by atoms with Gasteiger partial charge in [-0.1, -0.05) is 13.8 Å². The van der Waals surface area contributed by atoms with Crippen molar-refractivity contribution in [1.82, 2.24) is 5.32 Å². The average Bonchev–Trinajstić information content (AvgIpc) is 2.87. The monoisotopic (exact) mass is 281 g/mol. The molecule has 2 rings (SSSR count). The van der Waals surface area contributed by atoms with Crippen LogP contribution in [0.3, 0.4) is 0 Å². The van der Waals surface area contributed by atoms with Crippen molar-refractivity contribution in [2.24, 2.45) is 5.92 Å². The first-order chi connectivity index (χ1) is 9.75. The van der Waals surface area contributed by atoms with E-state index in [1.54, 1.807) is 6.26 Å². The second-order valence-electron chi connectivity index (χ2n) is 5.90. The Balaban J connectivity index is 1.68. The average molecular weight is 281 g/mol. The van der Waals surface area contributed by atoms with Crippen molar-refractivity contribution in [1.29, 1.82) is 0 Å². The lowest BCUT2D eigenvalue weighted by molar-refractivity contribution is -0.0449. The Kier molecular flexibility index (Phi) is 6.57. The summed E-state index contributed by atoms with van der Waals surface area (Å²) in [5.41, 5.74) is 1.14. The van der Waals surface area contributed by atoms with Gasteiger partial charge in [-0.05, 0) is 37.8 Å². The predicted molar refractivity (Wildman–Crippen MR) is 78.5 cm³/mol. The zero-order valence-electron chi connectivity index (χ0n) is 12.7. The number of ether oxygens (including phenoxy) is 2. The van der Waals surface area contributed by atoms with Crippen molar-refractivity contribution in [3.05, 3.63) is 23.7 Å². The van der Waals surface area contributed by atoms with Crippen molar-refractivity contribution >= 4 is 0 Å². The van der Waals surface area contributed by atoms with Gasteiger partial charge in [-0.3, -0.25) is 0 Å². The van der Waals surface area contributed by atoms with E-state index < -0.39 is 0 Å². The van der Waals surface area contributed by atoms with Gasteiger partial charge in [-0.2, -0.15) is 0 Å². The Morgan fingerprint density at radius 2 is 2.30 bits per heavy atom. The first kappa shape index (κ1) is 15.5. The molecule has 1 aliphatic rings. The Labute approximate surface area is 121 Å². The van der Waals surface area contributed by atoms with E-state index in [-0.39, 0.29) is 6.10 Å². The van der Waals surface area contributed by atoms with E-state index in [1.807, 2.05) is 6.07 Å². The van der Waals surface area contributed by atoms with Gasteiger partial charge in [0.15, 0.2) is 0 Å². The lowest BCUT2D eigenvalue weighted by Crippen LogP contribution is -2.24. The molecular formula is C16H27NO3. The van der Waals surface area contributed by atoms with Gasteiger partial charge in [0.2, 0.25) is 0 Å². The Morgan fingerprint density at radius 3 is 3.05 bits per heavy atom. The minimum atomic E-state index is 0.276. The van der Waals surface area contributed by atoms with Gasteiger partial charge in [0.25, 0.3) is 0 Å². The molecule has 2 heterocycles. The lowest BCUT2D eigenvalue weighted by Gasteiger charge is -2.22. The molecular weight excluding hydrogens is 254 g/mol. The third-order valence-electron chi connectivity index (χ3n) is 3.51. The molecule has 1 atom stereocenters. The molecule has 1 saturated heterocycles. The van der Waals surface area contributed by atoms with Crippen molar-refractivity contribution in [2.75, 3.05) is 19.8 Å². The van der Waals surface area contributed by atoms with E-state index in [4.69, 9.17) is 13.9 Å². The first-order valence-electron chi connectivity index (χ1n) is 7.71. The number of hydrogen-bond donors (Lipinski definition) is 1. The van der Waals surface area contributed by atoms with Crippen LogP contribution in [0.4, 0.5) is 0 Å². The fraction of sp³-hybridized carbons (Fsp3) is 0.750. The molecule has 0 aromatic carbocycles. The quantitative estimate of drug-likeness (QED) is 0.795. The minimum absolute atomic E-state index is 0.276. The highest BCUT2D eigenvalue weighted by atomic mass is 16.5. The van der Waals surface area contributed by atoms with Crippen LogP contribution in [-0.4, -0.2) is 25.9 Å². The van der Waals surface area contributed by atoms with Crippen LogP contribution in [0.2, 0.25) is 0 Å². The highest BCUT2D eigenvalue weighted by molar-refractivity contribution is 5.15. The summed E-state index contributed by atoms with van der Waals surface area (Å²) < 4.78 is 16.9. The zero-order chi connectivity index (χ0) is 14.2. The van der Waals surface area contributed by atoms with Crippen LogP contribution in [0, 0.1) is 5.92 Å². The third kappa shape index (κ3) is 5.27. The molecule has 0 bridgehead atoms. The van der Waals surface area contributed by atoms with Gasteiger partial charge in [0, 0.05) is 12.2 Å². The van der Waals surface area contributed by atoms with Gasteiger partial charge in [0.05, 0.1) is 32.1 Å². The largest absolute Gasteiger partial charge is 0.468 e. The molecule has 4 nitrogen and oxygen atoms in total. The van der Waals surface area contributed by atoms with Crippen LogP contribution in [-0.2, 0) is 22.6 Å².